The predicted octanol–water partition coefficient (Wildman–Crippen LogP) is 2.46. The zero-order valence-electron chi connectivity index (χ0n) is 13.5. The van der Waals surface area contributed by atoms with Crippen LogP contribution in [0.1, 0.15) is 19.8 Å². The molecule has 130 valence electrons. The summed E-state index contributed by atoms with van der Waals surface area (Å²) >= 11 is 12.0. The van der Waals surface area contributed by atoms with Crippen LogP contribution in [0.2, 0.25) is 10.0 Å². The Morgan fingerprint density at radius 1 is 1.29 bits per heavy atom. The minimum atomic E-state index is -0.336. The molecule has 0 spiro atoms. The van der Waals surface area contributed by atoms with Crippen LogP contribution in [0, 0.1) is 11.8 Å². The predicted molar refractivity (Wildman–Crippen MR) is 95.5 cm³/mol. The first-order chi connectivity index (χ1) is 11.4. The van der Waals surface area contributed by atoms with Gasteiger partial charge in [0.2, 0.25) is 11.8 Å². The summed E-state index contributed by atoms with van der Waals surface area (Å²) in [5.41, 5.74) is 0.642. The summed E-state index contributed by atoms with van der Waals surface area (Å²) in [5, 5.41) is 7.38. The number of carbonyl (C=O) groups is 2. The number of benzene rings is 1. The van der Waals surface area contributed by atoms with Gasteiger partial charge in [-0.15, -0.1) is 0 Å². The van der Waals surface area contributed by atoms with E-state index in [4.69, 9.17) is 23.2 Å². The molecule has 3 atom stereocenters. The molecule has 2 amide bonds. The molecule has 2 heterocycles. The summed E-state index contributed by atoms with van der Waals surface area (Å²) in [6.07, 6.45) is 1.14. The standard InChI is InChI=1S/C17H21Cl2N3O2/c1-10-8-20-3-2-15(10)21-17(24)11-4-16(23)22(9-11)14-6-12(18)5-13(19)7-14/h5-7,10-11,15,20H,2-4,8-9H2,1H3,(H,21,24). The molecule has 2 aliphatic heterocycles. The Bertz CT molecular complexity index is 632. The Hall–Kier alpha value is -1.30. The zero-order valence-corrected chi connectivity index (χ0v) is 15.0. The number of anilines is 1. The number of carbonyl (C=O) groups excluding carboxylic acids is 2. The van der Waals surface area contributed by atoms with Gasteiger partial charge in [0.1, 0.15) is 0 Å². The Balaban J connectivity index is 1.66. The van der Waals surface area contributed by atoms with Gasteiger partial charge in [-0.25, -0.2) is 0 Å². The van der Waals surface area contributed by atoms with Gasteiger partial charge in [0.25, 0.3) is 0 Å². The fraction of sp³-hybridized carbons (Fsp3) is 0.529. The van der Waals surface area contributed by atoms with Gasteiger partial charge in [-0.2, -0.15) is 0 Å². The van der Waals surface area contributed by atoms with Gasteiger partial charge in [-0.05, 0) is 43.6 Å². The second-order valence-electron chi connectivity index (χ2n) is 6.62. The van der Waals surface area contributed by atoms with Crippen molar-refractivity contribution in [3.05, 3.63) is 28.2 Å². The van der Waals surface area contributed by atoms with Crippen molar-refractivity contribution < 1.29 is 9.59 Å². The first-order valence-corrected chi connectivity index (χ1v) is 8.97. The van der Waals surface area contributed by atoms with Crippen LogP contribution in [-0.4, -0.2) is 37.5 Å². The highest BCUT2D eigenvalue weighted by Crippen LogP contribution is 2.30. The van der Waals surface area contributed by atoms with E-state index in [9.17, 15) is 9.59 Å². The van der Waals surface area contributed by atoms with Gasteiger partial charge in [0.05, 0.1) is 5.92 Å². The molecule has 2 N–H and O–H groups in total. The van der Waals surface area contributed by atoms with E-state index < -0.39 is 0 Å². The Morgan fingerprint density at radius 3 is 2.67 bits per heavy atom. The summed E-state index contributed by atoms with van der Waals surface area (Å²) in [7, 11) is 0. The molecular formula is C17H21Cl2N3O2. The smallest absolute Gasteiger partial charge is 0.227 e. The zero-order chi connectivity index (χ0) is 17.3. The molecule has 7 heteroatoms. The van der Waals surface area contributed by atoms with Crippen molar-refractivity contribution in [3.8, 4) is 0 Å². The van der Waals surface area contributed by atoms with Gasteiger partial charge in [0, 0.05) is 34.7 Å². The highest BCUT2D eigenvalue weighted by molar-refractivity contribution is 6.35. The SMILES string of the molecule is CC1CNCCC1NC(=O)C1CC(=O)N(c2cc(Cl)cc(Cl)c2)C1. The van der Waals surface area contributed by atoms with Crippen LogP contribution < -0.4 is 15.5 Å². The quantitative estimate of drug-likeness (QED) is 0.859. The minimum absolute atomic E-state index is 0.0438. The lowest BCUT2D eigenvalue weighted by molar-refractivity contribution is -0.127. The van der Waals surface area contributed by atoms with Gasteiger partial charge in [-0.3, -0.25) is 9.59 Å². The number of halogens is 2. The van der Waals surface area contributed by atoms with E-state index in [2.05, 4.69) is 17.6 Å². The minimum Gasteiger partial charge on any atom is -0.353 e. The summed E-state index contributed by atoms with van der Waals surface area (Å²) in [6, 6.07) is 5.18. The van der Waals surface area contributed by atoms with Crippen molar-refractivity contribution in [2.45, 2.75) is 25.8 Å². The maximum atomic E-state index is 12.6. The lowest BCUT2D eigenvalue weighted by Gasteiger charge is -2.31. The van der Waals surface area contributed by atoms with E-state index in [0.29, 0.717) is 28.2 Å². The number of hydrogen-bond acceptors (Lipinski definition) is 3. The van der Waals surface area contributed by atoms with Crippen LogP contribution in [0.3, 0.4) is 0 Å². The lowest BCUT2D eigenvalue weighted by atomic mass is 9.94. The van der Waals surface area contributed by atoms with Crippen molar-refractivity contribution in [2.24, 2.45) is 11.8 Å². The molecular weight excluding hydrogens is 349 g/mol. The molecule has 3 rings (SSSR count). The van der Waals surface area contributed by atoms with Crippen molar-refractivity contribution in [2.75, 3.05) is 24.5 Å². The van der Waals surface area contributed by atoms with Gasteiger partial charge in [-0.1, -0.05) is 30.1 Å². The Morgan fingerprint density at radius 2 is 2.00 bits per heavy atom. The molecule has 0 saturated carbocycles. The second kappa shape index (κ2) is 7.30. The first kappa shape index (κ1) is 17.5. The summed E-state index contributed by atoms with van der Waals surface area (Å²) < 4.78 is 0. The van der Waals surface area contributed by atoms with Crippen molar-refractivity contribution >= 4 is 40.7 Å². The summed E-state index contributed by atoms with van der Waals surface area (Å²) in [5.74, 6) is -0.0652. The second-order valence-corrected chi connectivity index (χ2v) is 7.49. The molecule has 0 aromatic heterocycles. The van der Waals surface area contributed by atoms with Gasteiger partial charge >= 0.3 is 0 Å². The molecule has 0 aliphatic carbocycles. The van der Waals surface area contributed by atoms with Crippen LogP contribution in [-0.2, 0) is 9.59 Å². The van der Waals surface area contributed by atoms with E-state index in [1.54, 1.807) is 23.1 Å². The Labute approximate surface area is 151 Å². The van der Waals surface area contributed by atoms with Gasteiger partial charge < -0.3 is 15.5 Å². The number of amides is 2. The van der Waals surface area contributed by atoms with Crippen LogP contribution in [0.25, 0.3) is 0 Å². The number of hydrogen-bond donors (Lipinski definition) is 2. The summed E-state index contributed by atoms with van der Waals surface area (Å²) in [4.78, 5) is 26.5. The first-order valence-electron chi connectivity index (χ1n) is 8.21. The lowest BCUT2D eigenvalue weighted by Crippen LogP contribution is -2.50. The van der Waals surface area contributed by atoms with E-state index in [1.165, 1.54) is 0 Å². The normalized spacial score (nSPS) is 27.4. The van der Waals surface area contributed by atoms with Crippen molar-refractivity contribution in [1.29, 1.82) is 0 Å². The third kappa shape index (κ3) is 3.85. The van der Waals surface area contributed by atoms with E-state index in [1.807, 2.05) is 0 Å². The molecule has 1 aromatic carbocycles. The number of nitrogens with one attached hydrogen (secondary N) is 2. The highest BCUT2D eigenvalue weighted by Gasteiger charge is 2.36. The fourth-order valence-electron chi connectivity index (χ4n) is 3.36. The van der Waals surface area contributed by atoms with Crippen LogP contribution in [0.15, 0.2) is 18.2 Å². The molecule has 2 saturated heterocycles. The molecule has 3 unspecified atom stereocenters. The third-order valence-electron chi connectivity index (χ3n) is 4.77. The molecule has 1 aromatic rings. The largest absolute Gasteiger partial charge is 0.353 e. The topological polar surface area (TPSA) is 61.4 Å². The maximum Gasteiger partial charge on any atom is 0.227 e. The molecule has 5 nitrogen and oxygen atoms in total. The van der Waals surface area contributed by atoms with Gasteiger partial charge in [0.15, 0.2) is 0 Å². The van der Waals surface area contributed by atoms with Crippen molar-refractivity contribution in [1.82, 2.24) is 10.6 Å². The molecule has 2 fully saturated rings. The molecule has 0 bridgehead atoms. The number of rotatable bonds is 3. The van der Waals surface area contributed by atoms with Crippen LogP contribution >= 0.6 is 23.2 Å². The monoisotopic (exact) mass is 369 g/mol. The fourth-order valence-corrected chi connectivity index (χ4v) is 3.87. The molecule has 0 radical (unpaired) electrons. The van der Waals surface area contributed by atoms with E-state index in [0.717, 1.165) is 19.5 Å². The molecule has 2 aliphatic rings. The Kier molecular flexibility index (Phi) is 5.33. The highest BCUT2D eigenvalue weighted by atomic mass is 35.5. The van der Waals surface area contributed by atoms with Crippen LogP contribution in [0.4, 0.5) is 5.69 Å². The number of nitrogens with zero attached hydrogens (tertiary/aromatic N) is 1. The van der Waals surface area contributed by atoms with Crippen LogP contribution in [0.5, 0.6) is 0 Å². The molecule has 24 heavy (non-hydrogen) atoms. The van der Waals surface area contributed by atoms with E-state index >= 15 is 0 Å². The number of piperidine rings is 1. The third-order valence-corrected chi connectivity index (χ3v) is 5.20. The average molecular weight is 370 g/mol. The maximum absolute atomic E-state index is 12.6. The van der Waals surface area contributed by atoms with Crippen molar-refractivity contribution in [3.63, 3.8) is 0 Å². The van der Waals surface area contributed by atoms with E-state index in [-0.39, 0.29) is 30.2 Å². The summed E-state index contributed by atoms with van der Waals surface area (Å²) in [6.45, 7) is 4.30. The average Bonchev–Trinajstić information content (AvgIpc) is 2.91.